The molecule has 1 aliphatic rings. The second-order valence-electron chi connectivity index (χ2n) is 6.60. The van der Waals surface area contributed by atoms with Crippen molar-refractivity contribution in [2.75, 3.05) is 5.32 Å². The smallest absolute Gasteiger partial charge is 0.366 e. The Labute approximate surface area is 158 Å². The highest BCUT2D eigenvalue weighted by Gasteiger charge is 2.24. The summed E-state index contributed by atoms with van der Waals surface area (Å²) in [5.41, 5.74) is 6.10. The number of nitrogens with zero attached hydrogens (tertiary/aromatic N) is 2. The van der Waals surface area contributed by atoms with Crippen molar-refractivity contribution in [2.45, 2.75) is 32.2 Å². The van der Waals surface area contributed by atoms with E-state index >= 15 is 0 Å². The first-order valence-electron chi connectivity index (χ1n) is 8.90. The Bertz CT molecular complexity index is 928. The number of aryl methyl sites for hydroxylation is 1. The summed E-state index contributed by atoms with van der Waals surface area (Å²) >= 11 is 0. The van der Waals surface area contributed by atoms with E-state index in [0.717, 1.165) is 17.9 Å². The topological polar surface area (TPSA) is 72.0 Å². The number of rotatable bonds is 5. The Balaban J connectivity index is 0.000000659. The van der Waals surface area contributed by atoms with Crippen molar-refractivity contribution >= 4 is 12.0 Å². The minimum atomic E-state index is 0.250. The van der Waals surface area contributed by atoms with Crippen molar-refractivity contribution in [3.05, 3.63) is 77.7 Å². The van der Waals surface area contributed by atoms with Crippen molar-refractivity contribution in [3.63, 3.8) is 0 Å². The van der Waals surface area contributed by atoms with E-state index in [1.165, 1.54) is 35.2 Å². The average molecular weight is 359 g/mol. The van der Waals surface area contributed by atoms with Gasteiger partial charge in [0.25, 0.3) is 0 Å². The highest BCUT2D eigenvalue weighted by molar-refractivity contribution is 5.64. The molecule has 1 aliphatic carbocycles. The maximum absolute atomic E-state index is 8.12. The van der Waals surface area contributed by atoms with Crippen LogP contribution in [0.15, 0.2) is 60.9 Å². The molecule has 27 heavy (non-hydrogen) atoms. The molecule has 1 fully saturated rings. The average Bonchev–Trinajstić information content (AvgIpc) is 3.53. The van der Waals surface area contributed by atoms with Gasteiger partial charge in [-0.1, -0.05) is 29.8 Å². The molecule has 4 rings (SSSR count). The SMILES string of the molecule is Cc1cccc(CNc2ccc(-c3ccnc(C4CC4)c3)cn2)c1.O=C=O. The summed E-state index contributed by atoms with van der Waals surface area (Å²) < 4.78 is 0. The third-order valence-corrected chi connectivity index (χ3v) is 4.43. The maximum Gasteiger partial charge on any atom is 0.373 e. The molecule has 136 valence electrons. The molecule has 0 radical (unpaired) electrons. The predicted octanol–water partition coefficient (Wildman–Crippen LogP) is 4.36. The number of carbonyl (C=O) groups excluding carboxylic acids is 2. The van der Waals surface area contributed by atoms with Crippen molar-refractivity contribution in [2.24, 2.45) is 0 Å². The molecule has 0 aliphatic heterocycles. The zero-order chi connectivity index (χ0) is 19.1. The number of benzene rings is 1. The van der Waals surface area contributed by atoms with Crippen LogP contribution < -0.4 is 5.32 Å². The summed E-state index contributed by atoms with van der Waals surface area (Å²) in [5, 5.41) is 3.38. The summed E-state index contributed by atoms with van der Waals surface area (Å²) in [6, 6.07) is 16.9. The lowest BCUT2D eigenvalue weighted by Crippen LogP contribution is -2.01. The molecular formula is C22H21N3O2. The minimum Gasteiger partial charge on any atom is -0.366 e. The fourth-order valence-electron chi connectivity index (χ4n) is 2.91. The van der Waals surface area contributed by atoms with Crippen molar-refractivity contribution < 1.29 is 9.59 Å². The Kier molecular flexibility index (Phi) is 6.08. The van der Waals surface area contributed by atoms with E-state index in [4.69, 9.17) is 9.59 Å². The highest BCUT2D eigenvalue weighted by atomic mass is 16.2. The van der Waals surface area contributed by atoms with Crippen LogP contribution in [0.4, 0.5) is 5.82 Å². The van der Waals surface area contributed by atoms with Crippen LogP contribution in [0.2, 0.25) is 0 Å². The third kappa shape index (κ3) is 5.33. The fraction of sp³-hybridized carbons (Fsp3) is 0.227. The van der Waals surface area contributed by atoms with E-state index in [1.54, 1.807) is 0 Å². The molecule has 5 heteroatoms. The zero-order valence-corrected chi connectivity index (χ0v) is 15.2. The Morgan fingerprint density at radius 1 is 1.04 bits per heavy atom. The van der Waals surface area contributed by atoms with Crippen LogP contribution in [-0.4, -0.2) is 16.1 Å². The number of pyridine rings is 2. The molecule has 0 atom stereocenters. The number of nitrogens with one attached hydrogen (secondary N) is 1. The molecular weight excluding hydrogens is 338 g/mol. The molecule has 0 unspecified atom stereocenters. The molecule has 3 aromatic rings. The molecule has 0 amide bonds. The van der Waals surface area contributed by atoms with Gasteiger partial charge < -0.3 is 5.32 Å². The standard InChI is InChI=1S/C21H21N3.CO2/c1-15-3-2-4-16(11-15)13-23-21-8-7-19(14-24-21)18-9-10-22-20(12-18)17-5-6-17;2-1-3/h2-4,7-12,14,17H,5-6,13H2,1H3,(H,23,24);. The number of anilines is 1. The van der Waals surface area contributed by atoms with Crippen LogP contribution in [0, 0.1) is 6.92 Å². The van der Waals surface area contributed by atoms with Crippen LogP contribution in [0.5, 0.6) is 0 Å². The van der Waals surface area contributed by atoms with E-state index in [9.17, 15) is 0 Å². The lowest BCUT2D eigenvalue weighted by molar-refractivity contribution is -0.191. The monoisotopic (exact) mass is 359 g/mol. The van der Waals surface area contributed by atoms with Gasteiger partial charge in [0.2, 0.25) is 0 Å². The van der Waals surface area contributed by atoms with Gasteiger partial charge in [-0.15, -0.1) is 0 Å². The van der Waals surface area contributed by atoms with Gasteiger partial charge in [0, 0.05) is 36.1 Å². The van der Waals surface area contributed by atoms with Crippen molar-refractivity contribution in [3.8, 4) is 11.1 Å². The van der Waals surface area contributed by atoms with Gasteiger partial charge in [0.15, 0.2) is 0 Å². The summed E-state index contributed by atoms with van der Waals surface area (Å²) in [6.07, 6.45) is 6.64. The Morgan fingerprint density at radius 2 is 1.85 bits per heavy atom. The van der Waals surface area contributed by atoms with Gasteiger partial charge in [-0.05, 0) is 55.2 Å². The van der Waals surface area contributed by atoms with Crippen LogP contribution in [-0.2, 0) is 16.1 Å². The Hall–Kier alpha value is -3.30. The first kappa shape index (κ1) is 18.5. The molecule has 1 saturated carbocycles. The highest BCUT2D eigenvalue weighted by Crippen LogP contribution is 2.39. The molecule has 0 spiro atoms. The molecule has 0 saturated heterocycles. The van der Waals surface area contributed by atoms with Crippen LogP contribution in [0.3, 0.4) is 0 Å². The van der Waals surface area contributed by atoms with Gasteiger partial charge in [0.1, 0.15) is 5.82 Å². The van der Waals surface area contributed by atoms with E-state index in [2.05, 4.69) is 64.7 Å². The number of hydrogen-bond donors (Lipinski definition) is 1. The first-order valence-corrected chi connectivity index (χ1v) is 8.90. The fourth-order valence-corrected chi connectivity index (χ4v) is 2.91. The summed E-state index contributed by atoms with van der Waals surface area (Å²) in [7, 11) is 0. The molecule has 5 nitrogen and oxygen atoms in total. The largest absolute Gasteiger partial charge is 0.373 e. The zero-order valence-electron chi connectivity index (χ0n) is 15.2. The second kappa shape index (κ2) is 8.88. The Morgan fingerprint density at radius 3 is 2.52 bits per heavy atom. The van der Waals surface area contributed by atoms with Crippen molar-refractivity contribution in [1.82, 2.24) is 9.97 Å². The van der Waals surface area contributed by atoms with Gasteiger partial charge in [0.05, 0.1) is 0 Å². The van der Waals surface area contributed by atoms with Gasteiger partial charge in [-0.25, -0.2) is 4.98 Å². The van der Waals surface area contributed by atoms with E-state index in [-0.39, 0.29) is 6.15 Å². The maximum atomic E-state index is 8.12. The second-order valence-corrected chi connectivity index (χ2v) is 6.60. The number of hydrogen-bond acceptors (Lipinski definition) is 5. The minimum absolute atomic E-state index is 0.250. The number of aromatic nitrogens is 2. The summed E-state index contributed by atoms with van der Waals surface area (Å²) in [5.74, 6) is 1.57. The lowest BCUT2D eigenvalue weighted by Gasteiger charge is -2.08. The van der Waals surface area contributed by atoms with Crippen LogP contribution in [0.1, 0.15) is 35.6 Å². The van der Waals surface area contributed by atoms with E-state index < -0.39 is 0 Å². The molecule has 1 N–H and O–H groups in total. The lowest BCUT2D eigenvalue weighted by atomic mass is 10.1. The molecule has 1 aromatic carbocycles. The summed E-state index contributed by atoms with van der Waals surface area (Å²) in [4.78, 5) is 25.3. The summed E-state index contributed by atoms with van der Waals surface area (Å²) in [6.45, 7) is 2.90. The predicted molar refractivity (Wildman–Crippen MR) is 103 cm³/mol. The normalized spacial score (nSPS) is 12.5. The first-order chi connectivity index (χ1) is 13.2. The van der Waals surface area contributed by atoms with E-state index in [0.29, 0.717) is 5.92 Å². The van der Waals surface area contributed by atoms with Gasteiger partial charge in [-0.3, -0.25) is 4.98 Å². The molecule has 0 bridgehead atoms. The van der Waals surface area contributed by atoms with Gasteiger partial charge >= 0.3 is 6.15 Å². The molecule has 2 heterocycles. The van der Waals surface area contributed by atoms with Crippen molar-refractivity contribution in [1.29, 1.82) is 0 Å². The van der Waals surface area contributed by atoms with Gasteiger partial charge in [-0.2, -0.15) is 9.59 Å². The third-order valence-electron chi connectivity index (χ3n) is 4.43. The van der Waals surface area contributed by atoms with Crippen LogP contribution >= 0.6 is 0 Å². The molecule has 2 aromatic heterocycles. The van der Waals surface area contributed by atoms with Crippen LogP contribution in [0.25, 0.3) is 11.1 Å². The quantitative estimate of drug-likeness (QED) is 0.733. The van der Waals surface area contributed by atoms with E-state index in [1.807, 2.05) is 18.5 Å².